The minimum atomic E-state index is -1.04. The number of rotatable bonds is 12. The van der Waals surface area contributed by atoms with Crippen LogP contribution in [0.4, 0.5) is 5.69 Å². The van der Waals surface area contributed by atoms with E-state index in [2.05, 4.69) is 16.7 Å². The number of carbonyl (C=O) groups excluding carboxylic acids is 1. The smallest absolute Gasteiger partial charge is 0.335 e. The predicted molar refractivity (Wildman–Crippen MR) is 153 cm³/mol. The minimum absolute atomic E-state index is 0.0405. The molecule has 4 aromatic rings. The van der Waals surface area contributed by atoms with Crippen LogP contribution in [0.2, 0.25) is 0 Å². The summed E-state index contributed by atoms with van der Waals surface area (Å²) in [5, 5.41) is 24.8. The van der Waals surface area contributed by atoms with Crippen molar-refractivity contribution in [2.24, 2.45) is 0 Å². The fourth-order valence-electron chi connectivity index (χ4n) is 4.16. The van der Waals surface area contributed by atoms with Crippen molar-refractivity contribution in [3.05, 3.63) is 119 Å². The van der Waals surface area contributed by atoms with Crippen molar-refractivity contribution in [2.45, 2.75) is 19.2 Å². The van der Waals surface area contributed by atoms with E-state index in [1.54, 1.807) is 48.5 Å². The molecule has 0 aliphatic carbocycles. The highest BCUT2D eigenvalue weighted by atomic mass is 16.5. The molecule has 1 unspecified atom stereocenters. The zero-order valence-corrected chi connectivity index (χ0v) is 22.6. The summed E-state index contributed by atoms with van der Waals surface area (Å²) >= 11 is 0. The molecule has 3 N–H and O–H groups in total. The van der Waals surface area contributed by atoms with Crippen molar-refractivity contribution in [1.82, 2.24) is 5.32 Å². The van der Waals surface area contributed by atoms with Crippen LogP contribution in [-0.2, 0) is 17.9 Å². The molecule has 9 nitrogen and oxygen atoms in total. The van der Waals surface area contributed by atoms with Gasteiger partial charge in [-0.15, -0.1) is 0 Å². The molecule has 0 aliphatic rings. The summed E-state index contributed by atoms with van der Waals surface area (Å²) in [7, 11) is 2.99. The lowest BCUT2D eigenvalue weighted by molar-refractivity contribution is -0.122. The Labute approximate surface area is 237 Å². The molecule has 1 atom stereocenters. The van der Waals surface area contributed by atoms with E-state index < -0.39 is 12.0 Å². The van der Waals surface area contributed by atoms with Crippen LogP contribution in [0.3, 0.4) is 0 Å². The largest absolute Gasteiger partial charge is 0.493 e. The number of aromatic carboxylic acids is 1. The number of carboxylic acid groups (broad SMARTS) is 1. The molecule has 0 aromatic heterocycles. The van der Waals surface area contributed by atoms with Gasteiger partial charge in [-0.2, -0.15) is 5.26 Å². The number of carbonyl (C=O) groups is 2. The van der Waals surface area contributed by atoms with Crippen LogP contribution in [-0.4, -0.2) is 31.2 Å². The molecule has 41 heavy (non-hydrogen) atoms. The SMILES string of the molecule is COc1cc(OCc2cccc(C(=O)O)c2)c(C(Nc2ccc(C#N)cc2)C(=O)NCc2ccccc2)cc1OC. The second-order valence-electron chi connectivity index (χ2n) is 9.01. The molecule has 9 heteroatoms. The van der Waals surface area contributed by atoms with Crippen LogP contribution in [0.25, 0.3) is 0 Å². The Morgan fingerprint density at radius 2 is 1.54 bits per heavy atom. The van der Waals surface area contributed by atoms with Crippen molar-refractivity contribution >= 4 is 17.6 Å². The number of nitriles is 1. The standard InChI is InChI=1S/C32H29N3O6/c1-39-28-16-26(27(17-29(28)40-2)41-20-23-9-6-10-24(15-23)32(37)38)30(35-25-13-11-21(18-33)12-14-25)31(36)34-19-22-7-4-3-5-8-22/h3-17,30,35H,19-20H2,1-2H3,(H,34,36)(H,37,38). The molecule has 0 heterocycles. The lowest BCUT2D eigenvalue weighted by Gasteiger charge is -2.24. The van der Waals surface area contributed by atoms with Gasteiger partial charge in [-0.1, -0.05) is 42.5 Å². The van der Waals surface area contributed by atoms with E-state index in [-0.39, 0.29) is 18.1 Å². The molecule has 1 amide bonds. The lowest BCUT2D eigenvalue weighted by atomic mass is 10.0. The third-order valence-corrected chi connectivity index (χ3v) is 6.29. The molecule has 4 aromatic carbocycles. The summed E-state index contributed by atoms with van der Waals surface area (Å²) in [5.41, 5.74) is 3.26. The number of amides is 1. The number of anilines is 1. The van der Waals surface area contributed by atoms with Gasteiger partial charge in [0.05, 0.1) is 31.4 Å². The van der Waals surface area contributed by atoms with Crippen LogP contribution in [0.15, 0.2) is 91.0 Å². The zero-order chi connectivity index (χ0) is 29.2. The van der Waals surface area contributed by atoms with Crippen molar-refractivity contribution in [2.75, 3.05) is 19.5 Å². The van der Waals surface area contributed by atoms with Gasteiger partial charge in [0.2, 0.25) is 5.91 Å². The second kappa shape index (κ2) is 13.5. The van der Waals surface area contributed by atoms with Crippen LogP contribution in [0.1, 0.15) is 38.7 Å². The van der Waals surface area contributed by atoms with Crippen LogP contribution < -0.4 is 24.8 Å². The van der Waals surface area contributed by atoms with Gasteiger partial charge in [0, 0.05) is 23.9 Å². The molecule has 0 radical (unpaired) electrons. The summed E-state index contributed by atoms with van der Waals surface area (Å²) in [4.78, 5) is 25.2. The molecule has 0 fully saturated rings. The van der Waals surface area contributed by atoms with Crippen LogP contribution in [0, 0.1) is 11.3 Å². The van der Waals surface area contributed by atoms with Crippen LogP contribution >= 0.6 is 0 Å². The highest BCUT2D eigenvalue weighted by Gasteiger charge is 2.27. The minimum Gasteiger partial charge on any atom is -0.493 e. The Balaban J connectivity index is 1.72. The predicted octanol–water partition coefficient (Wildman–Crippen LogP) is 5.32. The van der Waals surface area contributed by atoms with E-state index in [9.17, 15) is 20.0 Å². The summed E-state index contributed by atoms with van der Waals surface area (Å²) in [5.74, 6) is -0.245. The highest BCUT2D eigenvalue weighted by molar-refractivity contribution is 5.88. The lowest BCUT2D eigenvalue weighted by Crippen LogP contribution is -2.33. The number of carboxylic acids is 1. The highest BCUT2D eigenvalue weighted by Crippen LogP contribution is 2.39. The topological polar surface area (TPSA) is 130 Å². The quantitative estimate of drug-likeness (QED) is 0.216. The Morgan fingerprint density at radius 3 is 2.20 bits per heavy atom. The molecule has 208 valence electrons. The molecule has 4 rings (SSSR count). The van der Waals surface area contributed by atoms with Gasteiger partial charge in [0.1, 0.15) is 18.4 Å². The van der Waals surface area contributed by atoms with E-state index in [1.165, 1.54) is 26.4 Å². The van der Waals surface area contributed by atoms with Gasteiger partial charge < -0.3 is 30.0 Å². The normalized spacial score (nSPS) is 11.0. The first kappa shape index (κ1) is 28.5. The first-order valence-corrected chi connectivity index (χ1v) is 12.7. The van der Waals surface area contributed by atoms with Crippen molar-refractivity contribution < 1.29 is 28.9 Å². The molecule has 0 aliphatic heterocycles. The Bertz CT molecular complexity index is 1550. The molecule has 0 saturated heterocycles. The fraction of sp³-hybridized carbons (Fsp3) is 0.156. The monoisotopic (exact) mass is 551 g/mol. The van der Waals surface area contributed by atoms with E-state index >= 15 is 0 Å². The van der Waals surface area contributed by atoms with Crippen molar-refractivity contribution in [1.29, 1.82) is 5.26 Å². The molecule has 0 saturated carbocycles. The molecule has 0 bridgehead atoms. The maximum absolute atomic E-state index is 13.7. The average molecular weight is 552 g/mol. The van der Waals surface area contributed by atoms with Gasteiger partial charge in [-0.05, 0) is 53.6 Å². The fourth-order valence-corrected chi connectivity index (χ4v) is 4.16. The Hall–Kier alpha value is -5.49. The summed E-state index contributed by atoms with van der Waals surface area (Å²) in [6.45, 7) is 0.343. The third-order valence-electron chi connectivity index (χ3n) is 6.29. The maximum atomic E-state index is 13.7. The number of methoxy groups -OCH3 is 2. The number of ether oxygens (including phenoxy) is 3. The van der Waals surface area contributed by atoms with Gasteiger partial charge in [0.25, 0.3) is 0 Å². The molecular weight excluding hydrogens is 522 g/mol. The van der Waals surface area contributed by atoms with Gasteiger partial charge >= 0.3 is 5.97 Å². The van der Waals surface area contributed by atoms with E-state index in [4.69, 9.17) is 14.2 Å². The molecular formula is C32H29N3O6. The van der Waals surface area contributed by atoms with E-state index in [0.717, 1.165) is 5.56 Å². The summed E-state index contributed by atoms with van der Waals surface area (Å²) in [6.07, 6.45) is 0. The van der Waals surface area contributed by atoms with Crippen LogP contribution in [0.5, 0.6) is 17.2 Å². The van der Waals surface area contributed by atoms with Crippen molar-refractivity contribution in [3.63, 3.8) is 0 Å². The van der Waals surface area contributed by atoms with E-state index in [1.807, 2.05) is 30.3 Å². The Morgan fingerprint density at radius 1 is 0.854 bits per heavy atom. The zero-order valence-electron chi connectivity index (χ0n) is 22.6. The first-order chi connectivity index (χ1) is 19.9. The van der Waals surface area contributed by atoms with Gasteiger partial charge in [-0.3, -0.25) is 4.79 Å². The number of hydrogen-bond donors (Lipinski definition) is 3. The first-order valence-electron chi connectivity index (χ1n) is 12.7. The van der Waals surface area contributed by atoms with Gasteiger partial charge in [-0.25, -0.2) is 4.79 Å². The van der Waals surface area contributed by atoms with Crippen molar-refractivity contribution in [3.8, 4) is 23.3 Å². The number of nitrogens with zero attached hydrogens (tertiary/aromatic N) is 1. The molecule has 0 spiro atoms. The Kier molecular flexibility index (Phi) is 9.41. The summed E-state index contributed by atoms with van der Waals surface area (Å²) < 4.78 is 17.2. The average Bonchev–Trinajstić information content (AvgIpc) is 3.02. The second-order valence-corrected chi connectivity index (χ2v) is 9.01. The third kappa shape index (κ3) is 7.34. The van der Waals surface area contributed by atoms with Gasteiger partial charge in [0.15, 0.2) is 11.5 Å². The summed E-state index contributed by atoms with van der Waals surface area (Å²) in [6, 6.07) is 27.2. The number of nitrogens with one attached hydrogen (secondary N) is 2. The number of hydrogen-bond acceptors (Lipinski definition) is 7. The number of benzene rings is 4. The maximum Gasteiger partial charge on any atom is 0.335 e. The van der Waals surface area contributed by atoms with E-state index in [0.29, 0.717) is 46.2 Å².